The van der Waals surface area contributed by atoms with Gasteiger partial charge in [-0.05, 0) is 78.8 Å². The Morgan fingerprint density at radius 3 is 2.42 bits per heavy atom. The number of hydrogen-bond donors (Lipinski definition) is 0. The highest BCUT2D eigenvalue weighted by Gasteiger charge is 2.18. The van der Waals surface area contributed by atoms with Crippen molar-refractivity contribution in [3.8, 4) is 16.8 Å². The molecular weight excluding hydrogens is 374 g/mol. The summed E-state index contributed by atoms with van der Waals surface area (Å²) < 4.78 is 2.47. The Bertz CT molecular complexity index is 1500. The molecule has 4 aromatic carbocycles. The summed E-state index contributed by atoms with van der Waals surface area (Å²) in [5, 5.41) is 2.64. The van der Waals surface area contributed by atoms with Crippen molar-refractivity contribution in [1.29, 1.82) is 0 Å². The molecule has 1 heteroatoms. The van der Waals surface area contributed by atoms with Crippen LogP contribution in [-0.4, -0.2) is 4.57 Å². The number of para-hydroxylation sites is 1. The predicted molar refractivity (Wildman–Crippen MR) is 133 cm³/mol. The van der Waals surface area contributed by atoms with Gasteiger partial charge in [-0.2, -0.15) is 0 Å². The van der Waals surface area contributed by atoms with E-state index in [2.05, 4.69) is 109 Å². The number of nitrogens with zero attached hydrogens (tertiary/aromatic N) is 1. The molecule has 0 amide bonds. The Hall–Kier alpha value is -3.58. The monoisotopic (exact) mass is 399 g/mol. The molecule has 31 heavy (non-hydrogen) atoms. The van der Waals surface area contributed by atoms with Crippen molar-refractivity contribution in [2.45, 2.75) is 26.7 Å². The molecule has 0 atom stereocenters. The first kappa shape index (κ1) is 18.2. The molecular formula is C30H25N. The highest BCUT2D eigenvalue weighted by atomic mass is 15.0. The van der Waals surface area contributed by atoms with Gasteiger partial charge in [-0.3, -0.25) is 0 Å². The number of rotatable bonds is 2. The molecule has 1 nitrogen and oxygen atoms in total. The van der Waals surface area contributed by atoms with E-state index in [0.717, 1.165) is 12.8 Å². The normalized spacial score (nSPS) is 13.1. The van der Waals surface area contributed by atoms with Gasteiger partial charge < -0.3 is 4.57 Å². The third-order valence-corrected chi connectivity index (χ3v) is 6.73. The van der Waals surface area contributed by atoms with E-state index in [1.165, 1.54) is 60.9 Å². The van der Waals surface area contributed by atoms with Crippen molar-refractivity contribution in [1.82, 2.24) is 4.57 Å². The maximum Gasteiger partial charge on any atom is 0.0547 e. The molecule has 0 spiro atoms. The third kappa shape index (κ3) is 2.77. The second-order valence-corrected chi connectivity index (χ2v) is 8.64. The van der Waals surface area contributed by atoms with E-state index in [9.17, 15) is 0 Å². The predicted octanol–water partition coefficient (Wildman–Crippen LogP) is 8.03. The van der Waals surface area contributed by atoms with Gasteiger partial charge >= 0.3 is 0 Å². The maximum atomic E-state index is 2.47. The van der Waals surface area contributed by atoms with Gasteiger partial charge in [0, 0.05) is 16.3 Å². The molecule has 1 heterocycles. The lowest BCUT2D eigenvalue weighted by Crippen LogP contribution is -2.02. The van der Waals surface area contributed by atoms with Gasteiger partial charge in [0.1, 0.15) is 0 Å². The molecule has 1 aromatic heterocycles. The lowest BCUT2D eigenvalue weighted by Gasteiger charge is -2.18. The van der Waals surface area contributed by atoms with E-state index in [4.69, 9.17) is 0 Å². The van der Waals surface area contributed by atoms with Gasteiger partial charge in [-0.1, -0.05) is 66.7 Å². The van der Waals surface area contributed by atoms with E-state index in [0.29, 0.717) is 0 Å². The summed E-state index contributed by atoms with van der Waals surface area (Å²) >= 11 is 0. The molecule has 0 N–H and O–H groups in total. The van der Waals surface area contributed by atoms with Crippen molar-refractivity contribution in [3.05, 3.63) is 107 Å². The SMILES string of the molecule is Cc1ccccc1-c1cc2c(cc1C)c1ccccc1n2-c1cccc2c1C=CCC2. The quantitative estimate of drug-likeness (QED) is 0.283. The van der Waals surface area contributed by atoms with Gasteiger partial charge in [-0.25, -0.2) is 0 Å². The lowest BCUT2D eigenvalue weighted by molar-refractivity contribution is 0.977. The summed E-state index contributed by atoms with van der Waals surface area (Å²) in [5.74, 6) is 0. The zero-order valence-corrected chi connectivity index (χ0v) is 18.0. The van der Waals surface area contributed by atoms with Crippen LogP contribution in [0.4, 0.5) is 0 Å². The Labute approximate surface area is 183 Å². The van der Waals surface area contributed by atoms with Gasteiger partial charge in [-0.15, -0.1) is 0 Å². The van der Waals surface area contributed by atoms with E-state index in [-0.39, 0.29) is 0 Å². The minimum Gasteiger partial charge on any atom is -0.309 e. The molecule has 0 radical (unpaired) electrons. The Morgan fingerprint density at radius 2 is 1.52 bits per heavy atom. The fourth-order valence-electron chi connectivity index (χ4n) is 5.19. The average molecular weight is 400 g/mol. The standard InChI is InChI=1S/C30H25N/c1-20-10-3-5-13-23(20)26-19-30-27(18-21(26)2)25-15-7-8-16-29(25)31(30)28-17-9-12-22-11-4-6-14-24(22)28/h3,5-10,12-19H,4,11H2,1-2H3. The van der Waals surface area contributed by atoms with Crippen LogP contribution < -0.4 is 0 Å². The summed E-state index contributed by atoms with van der Waals surface area (Å²) in [4.78, 5) is 0. The molecule has 1 aliphatic carbocycles. The van der Waals surface area contributed by atoms with Gasteiger partial charge in [0.15, 0.2) is 0 Å². The summed E-state index contributed by atoms with van der Waals surface area (Å²) in [6.07, 6.45) is 6.86. The minimum atomic E-state index is 1.12. The zero-order valence-electron chi connectivity index (χ0n) is 18.0. The lowest BCUT2D eigenvalue weighted by atomic mass is 9.94. The minimum absolute atomic E-state index is 1.12. The van der Waals surface area contributed by atoms with Crippen LogP contribution in [0.15, 0.2) is 84.9 Å². The van der Waals surface area contributed by atoms with Crippen molar-refractivity contribution < 1.29 is 0 Å². The van der Waals surface area contributed by atoms with Crippen LogP contribution >= 0.6 is 0 Å². The summed E-state index contributed by atoms with van der Waals surface area (Å²) in [5.41, 5.74) is 11.9. The summed E-state index contributed by atoms with van der Waals surface area (Å²) in [7, 11) is 0. The molecule has 0 saturated heterocycles. The Kier molecular flexibility index (Phi) is 4.11. The molecule has 0 fully saturated rings. The van der Waals surface area contributed by atoms with Gasteiger partial charge in [0.2, 0.25) is 0 Å². The van der Waals surface area contributed by atoms with Crippen LogP contribution in [0.2, 0.25) is 0 Å². The van der Waals surface area contributed by atoms with Crippen molar-refractivity contribution >= 4 is 27.9 Å². The number of aromatic nitrogens is 1. The third-order valence-electron chi connectivity index (χ3n) is 6.73. The molecule has 0 unspecified atom stereocenters. The molecule has 150 valence electrons. The van der Waals surface area contributed by atoms with Gasteiger partial charge in [0.25, 0.3) is 0 Å². The smallest absolute Gasteiger partial charge is 0.0547 e. The average Bonchev–Trinajstić information content (AvgIpc) is 3.12. The molecule has 0 aliphatic heterocycles. The summed E-state index contributed by atoms with van der Waals surface area (Å²) in [6, 6.07) is 29.0. The highest BCUT2D eigenvalue weighted by Crippen LogP contribution is 2.39. The van der Waals surface area contributed by atoms with Crippen LogP contribution in [0, 0.1) is 13.8 Å². The highest BCUT2D eigenvalue weighted by molar-refractivity contribution is 6.11. The van der Waals surface area contributed by atoms with Crippen molar-refractivity contribution in [2.24, 2.45) is 0 Å². The van der Waals surface area contributed by atoms with Crippen molar-refractivity contribution in [2.75, 3.05) is 0 Å². The summed E-state index contributed by atoms with van der Waals surface area (Å²) in [6.45, 7) is 4.44. The molecule has 1 aliphatic rings. The van der Waals surface area contributed by atoms with Crippen molar-refractivity contribution in [3.63, 3.8) is 0 Å². The van der Waals surface area contributed by atoms with Crippen LogP contribution in [0.5, 0.6) is 0 Å². The number of hydrogen-bond acceptors (Lipinski definition) is 0. The fourth-order valence-corrected chi connectivity index (χ4v) is 5.19. The number of aryl methyl sites for hydroxylation is 3. The van der Waals surface area contributed by atoms with Crippen LogP contribution in [-0.2, 0) is 6.42 Å². The van der Waals surface area contributed by atoms with Crippen LogP contribution in [0.1, 0.15) is 28.7 Å². The number of fused-ring (bicyclic) bond motifs is 4. The van der Waals surface area contributed by atoms with Crippen LogP contribution in [0.3, 0.4) is 0 Å². The van der Waals surface area contributed by atoms with E-state index < -0.39 is 0 Å². The molecule has 0 saturated carbocycles. The zero-order chi connectivity index (χ0) is 20.9. The first-order valence-electron chi connectivity index (χ1n) is 11.1. The molecule has 5 aromatic rings. The maximum absolute atomic E-state index is 2.47. The Morgan fingerprint density at radius 1 is 0.677 bits per heavy atom. The second-order valence-electron chi connectivity index (χ2n) is 8.64. The van der Waals surface area contributed by atoms with Crippen LogP contribution in [0.25, 0.3) is 44.7 Å². The fraction of sp³-hybridized carbons (Fsp3) is 0.133. The molecule has 0 bridgehead atoms. The topological polar surface area (TPSA) is 4.93 Å². The first-order valence-corrected chi connectivity index (χ1v) is 11.1. The van der Waals surface area contributed by atoms with E-state index in [1.54, 1.807) is 0 Å². The first-order chi connectivity index (χ1) is 15.2. The van der Waals surface area contributed by atoms with Gasteiger partial charge in [0.05, 0.1) is 16.7 Å². The number of benzene rings is 4. The van der Waals surface area contributed by atoms with E-state index >= 15 is 0 Å². The number of allylic oxidation sites excluding steroid dienone is 1. The largest absolute Gasteiger partial charge is 0.309 e. The molecule has 6 rings (SSSR count). The second kappa shape index (κ2) is 6.99. The van der Waals surface area contributed by atoms with E-state index in [1.807, 2.05) is 0 Å². The Balaban J connectivity index is 1.75.